The molecular formula is C9H13N3O2S2. The molecule has 1 aliphatic heterocycles. The van der Waals surface area contributed by atoms with Gasteiger partial charge in [-0.25, -0.2) is 18.1 Å². The molecule has 2 N–H and O–H groups in total. The van der Waals surface area contributed by atoms with E-state index in [-0.39, 0.29) is 4.90 Å². The van der Waals surface area contributed by atoms with Crippen molar-refractivity contribution in [3.05, 3.63) is 11.4 Å². The molecule has 2 heterocycles. The predicted molar refractivity (Wildman–Crippen MR) is 64.6 cm³/mol. The van der Waals surface area contributed by atoms with Crippen LogP contribution in [0, 0.1) is 0 Å². The van der Waals surface area contributed by atoms with Crippen molar-refractivity contribution in [3.8, 4) is 0 Å². The summed E-state index contributed by atoms with van der Waals surface area (Å²) in [6.45, 7) is 2.80. The third kappa shape index (κ3) is 2.19. The van der Waals surface area contributed by atoms with Gasteiger partial charge in [-0.1, -0.05) is 13.3 Å². The van der Waals surface area contributed by atoms with Crippen molar-refractivity contribution in [2.24, 2.45) is 4.99 Å². The number of guanidine groups is 1. The minimum absolute atomic E-state index is 0.263. The third-order valence-corrected chi connectivity index (χ3v) is 4.47. The summed E-state index contributed by atoms with van der Waals surface area (Å²) in [5.41, 5.74) is 0. The number of hydrogen-bond acceptors (Lipinski definition) is 5. The molecule has 0 amide bonds. The molecule has 1 aliphatic rings. The topological polar surface area (TPSA) is 70.6 Å². The third-order valence-electron chi connectivity index (χ3n) is 2.17. The Morgan fingerprint density at radius 2 is 2.38 bits per heavy atom. The highest BCUT2D eigenvalue weighted by atomic mass is 32.2. The highest BCUT2D eigenvalue weighted by Gasteiger charge is 2.25. The SMILES string of the molecule is CCCCNC1=Nc2sccc2S(=O)(=O)N1. The summed E-state index contributed by atoms with van der Waals surface area (Å²) in [6.07, 6.45) is 2.04. The average molecular weight is 259 g/mol. The van der Waals surface area contributed by atoms with Gasteiger partial charge in [0.1, 0.15) is 9.90 Å². The maximum atomic E-state index is 11.8. The monoisotopic (exact) mass is 259 g/mol. The normalized spacial score (nSPS) is 17.2. The Kier molecular flexibility index (Phi) is 3.15. The van der Waals surface area contributed by atoms with Crippen LogP contribution in [0.3, 0.4) is 0 Å². The fraction of sp³-hybridized carbons (Fsp3) is 0.444. The van der Waals surface area contributed by atoms with E-state index in [1.54, 1.807) is 11.4 Å². The molecule has 0 saturated heterocycles. The standard InChI is InChI=1S/C9H13N3O2S2/c1-2-3-5-10-9-11-8-7(4-6-15-8)16(13,14)12-9/h4,6H,2-3,5H2,1H3,(H2,10,11,12). The van der Waals surface area contributed by atoms with E-state index in [1.165, 1.54) is 11.3 Å². The van der Waals surface area contributed by atoms with Gasteiger partial charge < -0.3 is 5.32 Å². The summed E-state index contributed by atoms with van der Waals surface area (Å²) in [5.74, 6) is 0.323. The van der Waals surface area contributed by atoms with Crippen molar-refractivity contribution < 1.29 is 8.42 Å². The van der Waals surface area contributed by atoms with Crippen LogP contribution in [-0.2, 0) is 10.0 Å². The van der Waals surface area contributed by atoms with Crippen LogP contribution in [0.1, 0.15) is 19.8 Å². The number of fused-ring (bicyclic) bond motifs is 1. The molecule has 88 valence electrons. The molecule has 5 nitrogen and oxygen atoms in total. The lowest BCUT2D eigenvalue weighted by molar-refractivity contribution is 0.590. The molecule has 0 spiro atoms. The molecule has 0 saturated carbocycles. The minimum atomic E-state index is -3.42. The van der Waals surface area contributed by atoms with Crippen molar-refractivity contribution >= 4 is 32.3 Å². The molecule has 0 unspecified atom stereocenters. The highest BCUT2D eigenvalue weighted by molar-refractivity contribution is 7.90. The van der Waals surface area contributed by atoms with Crippen LogP contribution in [0.5, 0.6) is 0 Å². The van der Waals surface area contributed by atoms with Gasteiger partial charge in [-0.15, -0.1) is 11.3 Å². The molecule has 0 aliphatic carbocycles. The van der Waals surface area contributed by atoms with Crippen molar-refractivity contribution in [3.63, 3.8) is 0 Å². The molecule has 16 heavy (non-hydrogen) atoms. The zero-order valence-electron chi connectivity index (χ0n) is 8.86. The van der Waals surface area contributed by atoms with E-state index < -0.39 is 10.0 Å². The molecule has 1 aromatic rings. The van der Waals surface area contributed by atoms with E-state index >= 15 is 0 Å². The number of rotatable bonds is 3. The Morgan fingerprint density at radius 1 is 1.56 bits per heavy atom. The summed E-state index contributed by atoms with van der Waals surface area (Å²) in [6, 6.07) is 1.56. The smallest absolute Gasteiger partial charge is 0.267 e. The number of sulfonamides is 1. The van der Waals surface area contributed by atoms with E-state index in [4.69, 9.17) is 0 Å². The molecule has 1 aromatic heterocycles. The van der Waals surface area contributed by atoms with Crippen molar-refractivity contribution in [2.75, 3.05) is 6.54 Å². The minimum Gasteiger partial charge on any atom is -0.355 e. The number of hydrogen-bond donors (Lipinski definition) is 2. The fourth-order valence-electron chi connectivity index (χ4n) is 1.34. The lowest BCUT2D eigenvalue weighted by Gasteiger charge is -2.16. The van der Waals surface area contributed by atoms with Gasteiger partial charge in [0.05, 0.1) is 0 Å². The van der Waals surface area contributed by atoms with E-state index in [0.717, 1.165) is 19.4 Å². The first kappa shape index (κ1) is 11.4. The van der Waals surface area contributed by atoms with Gasteiger partial charge >= 0.3 is 0 Å². The Bertz CT molecular complexity index is 505. The Hall–Kier alpha value is -1.08. The Balaban J connectivity index is 2.20. The fourth-order valence-corrected chi connectivity index (χ4v) is 3.57. The maximum Gasteiger partial charge on any atom is 0.267 e. The van der Waals surface area contributed by atoms with Gasteiger partial charge in [-0.05, 0) is 17.9 Å². The molecule has 2 rings (SSSR count). The number of aliphatic imine (C=N–C) groups is 1. The molecule has 0 radical (unpaired) electrons. The van der Waals surface area contributed by atoms with Gasteiger partial charge in [0.15, 0.2) is 0 Å². The molecular weight excluding hydrogens is 246 g/mol. The van der Waals surface area contributed by atoms with E-state index in [1.807, 2.05) is 0 Å². The average Bonchev–Trinajstić information content (AvgIpc) is 2.66. The molecule has 0 fully saturated rings. The highest BCUT2D eigenvalue weighted by Crippen LogP contribution is 2.32. The quantitative estimate of drug-likeness (QED) is 0.806. The summed E-state index contributed by atoms with van der Waals surface area (Å²) in [7, 11) is -3.42. The van der Waals surface area contributed by atoms with Crippen LogP contribution in [0.4, 0.5) is 5.00 Å². The zero-order chi connectivity index (χ0) is 11.6. The number of nitrogens with one attached hydrogen (secondary N) is 2. The van der Waals surface area contributed by atoms with Crippen molar-refractivity contribution in [1.29, 1.82) is 0 Å². The second-order valence-electron chi connectivity index (χ2n) is 3.44. The Morgan fingerprint density at radius 3 is 3.12 bits per heavy atom. The first-order chi connectivity index (χ1) is 7.63. The number of nitrogens with zero attached hydrogens (tertiary/aromatic N) is 1. The van der Waals surface area contributed by atoms with Crippen LogP contribution in [0.15, 0.2) is 21.3 Å². The molecule has 7 heteroatoms. The van der Waals surface area contributed by atoms with E-state index in [0.29, 0.717) is 11.0 Å². The van der Waals surface area contributed by atoms with Crippen LogP contribution in [0.25, 0.3) is 0 Å². The summed E-state index contributed by atoms with van der Waals surface area (Å²) >= 11 is 1.32. The maximum absolute atomic E-state index is 11.8. The zero-order valence-corrected chi connectivity index (χ0v) is 10.5. The lowest BCUT2D eigenvalue weighted by Crippen LogP contribution is -2.42. The van der Waals surface area contributed by atoms with Crippen LogP contribution >= 0.6 is 11.3 Å². The van der Waals surface area contributed by atoms with Gasteiger partial charge in [-0.2, -0.15) is 0 Å². The first-order valence-corrected chi connectivity index (χ1v) is 7.42. The summed E-state index contributed by atoms with van der Waals surface area (Å²) in [5, 5.41) is 5.24. The lowest BCUT2D eigenvalue weighted by atomic mass is 10.3. The van der Waals surface area contributed by atoms with Crippen LogP contribution < -0.4 is 10.0 Å². The molecule has 0 bridgehead atoms. The van der Waals surface area contributed by atoms with Gasteiger partial charge in [0, 0.05) is 6.54 Å². The summed E-state index contributed by atoms with van der Waals surface area (Å²) in [4.78, 5) is 4.47. The van der Waals surface area contributed by atoms with Crippen LogP contribution in [-0.4, -0.2) is 20.9 Å². The number of thiophene rings is 1. The predicted octanol–water partition coefficient (Wildman–Crippen LogP) is 1.42. The van der Waals surface area contributed by atoms with Gasteiger partial charge in [0.25, 0.3) is 10.0 Å². The first-order valence-electron chi connectivity index (χ1n) is 5.06. The summed E-state index contributed by atoms with van der Waals surface area (Å²) < 4.78 is 25.9. The van der Waals surface area contributed by atoms with Gasteiger partial charge in [0.2, 0.25) is 5.96 Å². The van der Waals surface area contributed by atoms with Gasteiger partial charge in [-0.3, -0.25) is 0 Å². The van der Waals surface area contributed by atoms with E-state index in [2.05, 4.69) is 22.0 Å². The number of unbranched alkanes of at least 4 members (excludes halogenated alkanes) is 1. The molecule has 0 atom stereocenters. The second-order valence-corrected chi connectivity index (χ2v) is 5.98. The Labute approximate surface area is 98.6 Å². The van der Waals surface area contributed by atoms with Crippen molar-refractivity contribution in [2.45, 2.75) is 24.7 Å². The molecule has 0 aromatic carbocycles. The van der Waals surface area contributed by atoms with E-state index in [9.17, 15) is 8.42 Å². The van der Waals surface area contributed by atoms with Crippen LogP contribution in [0.2, 0.25) is 0 Å². The van der Waals surface area contributed by atoms with Crippen molar-refractivity contribution in [1.82, 2.24) is 10.0 Å². The largest absolute Gasteiger partial charge is 0.355 e. The second kappa shape index (κ2) is 4.42.